The molecule has 0 radical (unpaired) electrons. The van der Waals surface area contributed by atoms with Crippen LogP contribution in [0.25, 0.3) is 0 Å². The minimum Gasteiger partial charge on any atom is -0.493 e. The quantitative estimate of drug-likeness (QED) is 0.861. The second-order valence-corrected chi connectivity index (χ2v) is 6.28. The summed E-state index contributed by atoms with van der Waals surface area (Å²) in [5, 5.41) is 11.1. The Balaban J connectivity index is 1.95. The molecule has 20 heavy (non-hydrogen) atoms. The Morgan fingerprint density at radius 1 is 1.15 bits per heavy atom. The van der Waals surface area contributed by atoms with Crippen LogP contribution in [0.15, 0.2) is 40.9 Å². The van der Waals surface area contributed by atoms with Crippen molar-refractivity contribution in [2.75, 3.05) is 6.61 Å². The minimum absolute atomic E-state index is 0.606. The molecule has 1 unspecified atom stereocenters. The molecular formula is C16H14BrClO2. The van der Waals surface area contributed by atoms with E-state index in [1.807, 2.05) is 24.3 Å². The van der Waals surface area contributed by atoms with Crippen LogP contribution >= 0.6 is 27.5 Å². The molecule has 1 aliphatic rings. The van der Waals surface area contributed by atoms with Crippen LogP contribution in [-0.4, -0.2) is 11.7 Å². The van der Waals surface area contributed by atoms with Gasteiger partial charge in [0.15, 0.2) is 0 Å². The van der Waals surface area contributed by atoms with E-state index in [1.165, 1.54) is 0 Å². The van der Waals surface area contributed by atoms with E-state index in [4.69, 9.17) is 16.3 Å². The largest absolute Gasteiger partial charge is 0.493 e. The number of fused-ring (bicyclic) bond motifs is 1. The van der Waals surface area contributed by atoms with E-state index < -0.39 is 6.10 Å². The fourth-order valence-electron chi connectivity index (χ4n) is 2.48. The van der Waals surface area contributed by atoms with Gasteiger partial charge in [0.1, 0.15) is 11.9 Å². The smallest absolute Gasteiger partial charge is 0.122 e. The summed E-state index contributed by atoms with van der Waals surface area (Å²) in [5.41, 5.74) is 2.80. The van der Waals surface area contributed by atoms with Gasteiger partial charge in [-0.25, -0.2) is 0 Å². The van der Waals surface area contributed by atoms with Crippen molar-refractivity contribution in [3.63, 3.8) is 0 Å². The first kappa shape index (κ1) is 13.9. The maximum absolute atomic E-state index is 10.5. The Morgan fingerprint density at radius 2 is 2.00 bits per heavy atom. The molecule has 0 bridgehead atoms. The van der Waals surface area contributed by atoms with Crippen molar-refractivity contribution < 1.29 is 9.84 Å². The van der Waals surface area contributed by atoms with Gasteiger partial charge in [0, 0.05) is 9.50 Å². The van der Waals surface area contributed by atoms with Gasteiger partial charge in [-0.05, 0) is 59.9 Å². The number of benzene rings is 2. The van der Waals surface area contributed by atoms with Crippen molar-refractivity contribution in [2.45, 2.75) is 18.9 Å². The van der Waals surface area contributed by atoms with E-state index in [0.717, 1.165) is 46.4 Å². The van der Waals surface area contributed by atoms with Crippen LogP contribution < -0.4 is 4.74 Å². The topological polar surface area (TPSA) is 29.5 Å². The molecule has 0 amide bonds. The standard InChI is InChI=1S/C16H14BrClO2/c17-13-7-12(8-14(18)9-13)16(19)11-3-4-15-10(6-11)2-1-5-20-15/h3-4,6-9,16,19H,1-2,5H2. The van der Waals surface area contributed by atoms with Crippen molar-refractivity contribution in [1.82, 2.24) is 0 Å². The highest BCUT2D eigenvalue weighted by Gasteiger charge is 2.16. The third kappa shape index (κ3) is 2.85. The predicted octanol–water partition coefficient (Wildman–Crippen LogP) is 4.51. The van der Waals surface area contributed by atoms with Crippen LogP contribution in [0, 0.1) is 0 Å². The summed E-state index contributed by atoms with van der Waals surface area (Å²) < 4.78 is 6.45. The molecule has 0 saturated heterocycles. The zero-order valence-corrected chi connectivity index (χ0v) is 13.1. The summed E-state index contributed by atoms with van der Waals surface area (Å²) in [6, 6.07) is 11.3. The van der Waals surface area contributed by atoms with Crippen LogP contribution in [0.5, 0.6) is 5.75 Å². The Bertz CT molecular complexity index is 622. The summed E-state index contributed by atoms with van der Waals surface area (Å²) in [6.07, 6.45) is 1.34. The Morgan fingerprint density at radius 3 is 2.80 bits per heavy atom. The second-order valence-electron chi connectivity index (χ2n) is 4.92. The van der Waals surface area contributed by atoms with Crippen LogP contribution in [0.2, 0.25) is 5.02 Å². The van der Waals surface area contributed by atoms with Crippen molar-refractivity contribution in [1.29, 1.82) is 0 Å². The predicted molar refractivity (Wildman–Crippen MR) is 83.5 cm³/mol. The number of halogens is 2. The average molecular weight is 354 g/mol. The van der Waals surface area contributed by atoms with Crippen molar-refractivity contribution in [2.24, 2.45) is 0 Å². The normalized spacial score (nSPS) is 15.3. The number of rotatable bonds is 2. The SMILES string of the molecule is OC(c1cc(Cl)cc(Br)c1)c1ccc2c(c1)CCCO2. The Kier molecular flexibility index (Phi) is 4.01. The fourth-order valence-corrected chi connectivity index (χ4v) is 3.36. The first-order valence-corrected chi connectivity index (χ1v) is 7.70. The number of aliphatic hydroxyl groups excluding tert-OH is 1. The van der Waals surface area contributed by atoms with Crippen molar-refractivity contribution in [3.05, 3.63) is 62.6 Å². The lowest BCUT2D eigenvalue weighted by atomic mass is 9.97. The van der Waals surface area contributed by atoms with Gasteiger partial charge >= 0.3 is 0 Å². The Labute approximate surface area is 131 Å². The lowest BCUT2D eigenvalue weighted by Crippen LogP contribution is -2.09. The van der Waals surface area contributed by atoms with Gasteiger partial charge in [0.25, 0.3) is 0 Å². The average Bonchev–Trinajstić information content (AvgIpc) is 2.45. The summed E-state index contributed by atoms with van der Waals surface area (Å²) in [5.74, 6) is 0.930. The van der Waals surface area contributed by atoms with E-state index in [0.29, 0.717) is 5.02 Å². The number of hydrogen-bond donors (Lipinski definition) is 1. The number of ether oxygens (including phenoxy) is 1. The molecule has 0 aromatic heterocycles. The fraction of sp³-hybridized carbons (Fsp3) is 0.250. The number of hydrogen-bond acceptors (Lipinski definition) is 2. The van der Waals surface area contributed by atoms with E-state index in [1.54, 1.807) is 12.1 Å². The molecule has 2 nitrogen and oxygen atoms in total. The van der Waals surface area contributed by atoms with Gasteiger partial charge in [0.05, 0.1) is 6.61 Å². The second kappa shape index (κ2) is 5.76. The highest BCUT2D eigenvalue weighted by molar-refractivity contribution is 9.10. The molecule has 1 aliphatic heterocycles. The summed E-state index contributed by atoms with van der Waals surface area (Å²) in [6.45, 7) is 0.774. The summed E-state index contributed by atoms with van der Waals surface area (Å²) in [7, 11) is 0. The molecular weight excluding hydrogens is 340 g/mol. The first-order valence-electron chi connectivity index (χ1n) is 6.53. The van der Waals surface area contributed by atoms with Gasteiger partial charge in [-0.15, -0.1) is 0 Å². The first-order chi connectivity index (χ1) is 9.63. The lowest BCUT2D eigenvalue weighted by Gasteiger charge is -2.20. The third-order valence-electron chi connectivity index (χ3n) is 3.45. The molecule has 0 aliphatic carbocycles. The molecule has 1 atom stereocenters. The molecule has 104 valence electrons. The zero-order valence-electron chi connectivity index (χ0n) is 10.8. The maximum atomic E-state index is 10.5. The highest BCUT2D eigenvalue weighted by atomic mass is 79.9. The van der Waals surface area contributed by atoms with Gasteiger partial charge < -0.3 is 9.84 Å². The van der Waals surface area contributed by atoms with Gasteiger partial charge in [-0.2, -0.15) is 0 Å². The van der Waals surface area contributed by atoms with E-state index in [2.05, 4.69) is 15.9 Å². The zero-order chi connectivity index (χ0) is 14.1. The van der Waals surface area contributed by atoms with Crippen LogP contribution in [0.4, 0.5) is 0 Å². The molecule has 0 saturated carbocycles. The molecule has 4 heteroatoms. The van der Waals surface area contributed by atoms with E-state index in [9.17, 15) is 5.11 Å². The third-order valence-corrected chi connectivity index (χ3v) is 4.12. The van der Waals surface area contributed by atoms with Crippen LogP contribution in [0.3, 0.4) is 0 Å². The molecule has 0 fully saturated rings. The van der Waals surface area contributed by atoms with Gasteiger partial charge in [-0.1, -0.05) is 33.6 Å². The molecule has 0 spiro atoms. The van der Waals surface area contributed by atoms with E-state index >= 15 is 0 Å². The molecule has 3 rings (SSSR count). The minimum atomic E-state index is -0.683. The van der Waals surface area contributed by atoms with Gasteiger partial charge in [0.2, 0.25) is 0 Å². The van der Waals surface area contributed by atoms with Crippen LogP contribution in [0.1, 0.15) is 29.2 Å². The molecule has 1 N–H and O–H groups in total. The number of aryl methyl sites for hydroxylation is 1. The molecule has 1 heterocycles. The maximum Gasteiger partial charge on any atom is 0.122 e. The van der Waals surface area contributed by atoms with Crippen molar-refractivity contribution in [3.8, 4) is 5.75 Å². The molecule has 2 aromatic carbocycles. The lowest BCUT2D eigenvalue weighted by molar-refractivity contribution is 0.219. The van der Waals surface area contributed by atoms with Gasteiger partial charge in [-0.3, -0.25) is 0 Å². The highest BCUT2D eigenvalue weighted by Crippen LogP contribution is 2.32. The Hall–Kier alpha value is -1.03. The summed E-state index contributed by atoms with van der Waals surface area (Å²) >= 11 is 9.43. The number of aliphatic hydroxyl groups is 1. The monoisotopic (exact) mass is 352 g/mol. The van der Waals surface area contributed by atoms with Crippen molar-refractivity contribution >= 4 is 27.5 Å². The summed E-state index contributed by atoms with van der Waals surface area (Å²) in [4.78, 5) is 0. The van der Waals surface area contributed by atoms with E-state index in [-0.39, 0.29) is 0 Å². The van der Waals surface area contributed by atoms with Crippen LogP contribution in [-0.2, 0) is 6.42 Å². The molecule has 2 aromatic rings.